The number of benzene rings is 1. The molecule has 3 aliphatic rings. The zero-order valence-corrected chi connectivity index (χ0v) is 26.3. The molecule has 1 fully saturated rings. The maximum absolute atomic E-state index is 5.00. The molecule has 0 bridgehead atoms. The van der Waals surface area contributed by atoms with Gasteiger partial charge in [-0.3, -0.25) is 0 Å². The fraction of sp³-hybridized carbons (Fsp3) is 0.393. The van der Waals surface area contributed by atoms with E-state index in [1.807, 2.05) is 6.08 Å². The van der Waals surface area contributed by atoms with Gasteiger partial charge in [0, 0.05) is 0 Å². The van der Waals surface area contributed by atoms with Crippen molar-refractivity contribution >= 4 is 39.2 Å². The van der Waals surface area contributed by atoms with Crippen LogP contribution in [0.25, 0.3) is 5.57 Å². The van der Waals surface area contributed by atoms with Crippen molar-refractivity contribution in [1.29, 1.82) is 0 Å². The minimum atomic E-state index is -2.13. The van der Waals surface area contributed by atoms with Crippen LogP contribution in [0.4, 0.5) is 0 Å². The van der Waals surface area contributed by atoms with Gasteiger partial charge in [0.25, 0.3) is 0 Å². The second kappa shape index (κ2) is 15.1. The molecule has 0 aromatic heterocycles. The van der Waals surface area contributed by atoms with Gasteiger partial charge >= 0.3 is 43.7 Å². The summed E-state index contributed by atoms with van der Waals surface area (Å²) < 4.78 is 0. The first-order chi connectivity index (χ1) is 15.2. The van der Waals surface area contributed by atoms with Crippen molar-refractivity contribution in [2.75, 3.05) is 0 Å². The molecule has 0 N–H and O–H groups in total. The van der Waals surface area contributed by atoms with E-state index in [0.717, 1.165) is 24.2 Å². The molecular formula is C28H39Cl3SiZr-. The zero-order valence-electron chi connectivity index (χ0n) is 20.5. The van der Waals surface area contributed by atoms with E-state index in [2.05, 4.69) is 93.5 Å². The number of allylic oxidation sites excluding steroid dienone is 8. The van der Waals surface area contributed by atoms with E-state index in [-0.39, 0.29) is 7.43 Å². The second-order valence-electron chi connectivity index (χ2n) is 9.70. The molecule has 1 aromatic carbocycles. The van der Waals surface area contributed by atoms with Gasteiger partial charge in [-0.05, 0) is 65.7 Å². The molecule has 4 atom stereocenters. The Kier molecular flexibility index (Phi) is 14.1. The van der Waals surface area contributed by atoms with Crippen LogP contribution in [0.1, 0.15) is 42.4 Å². The Hall–Kier alpha value is -0.110. The Morgan fingerprint density at radius 2 is 1.64 bits per heavy atom. The normalized spacial score (nSPS) is 24.0. The molecule has 33 heavy (non-hydrogen) atoms. The van der Waals surface area contributed by atoms with Crippen LogP contribution in [0.15, 0.2) is 80.0 Å². The van der Waals surface area contributed by atoms with E-state index in [1.54, 1.807) is 5.56 Å². The standard InChI is InChI=1S/C15H20Si.C12H16.CH3.3ClH.Zr/c1-5-8-12-11-15(16(2,3)4)14-10-7-6-9-13(12)14;1-2-5-10-8-9-11-6-3-4-7-12(10)11;;;;;/h5-7,9-11,15H,1,8H2,2-4H3;2-4,6-7,10-12H,1,5,8-9H2;1H3;3*1H;/q;;-1;;;;+3/p-3. The molecule has 4 unspecified atom stereocenters. The quantitative estimate of drug-likeness (QED) is 0.179. The Labute approximate surface area is 222 Å². The summed E-state index contributed by atoms with van der Waals surface area (Å²) in [5, 5.41) is 0. The van der Waals surface area contributed by atoms with Gasteiger partial charge in [-0.1, -0.05) is 86.4 Å². The molecule has 0 radical (unpaired) electrons. The van der Waals surface area contributed by atoms with Crippen LogP contribution in [0.2, 0.25) is 19.6 Å². The SMILES string of the molecule is C=CCC1=CC([Si](C)(C)C)c2ccccc21.C=CCC1CCC2C=CC=CC21.[CH3-].[Cl][Zr]([Cl])[Cl]. The summed E-state index contributed by atoms with van der Waals surface area (Å²) in [6, 6.07) is 8.86. The zero-order chi connectivity index (χ0) is 23.7. The Balaban J connectivity index is 0.000000284. The van der Waals surface area contributed by atoms with E-state index in [4.69, 9.17) is 25.5 Å². The molecule has 3 aliphatic carbocycles. The topological polar surface area (TPSA) is 0 Å². The number of halogens is 3. The average Bonchev–Trinajstić information content (AvgIpc) is 3.31. The first-order valence-corrected chi connectivity index (χ1v) is 24.5. The van der Waals surface area contributed by atoms with Gasteiger partial charge < -0.3 is 7.43 Å². The van der Waals surface area contributed by atoms with Crippen molar-refractivity contribution in [3.8, 4) is 0 Å². The van der Waals surface area contributed by atoms with Gasteiger partial charge in [-0.2, -0.15) is 0 Å². The average molecular weight is 601 g/mol. The van der Waals surface area contributed by atoms with Crippen molar-refractivity contribution in [3.63, 3.8) is 0 Å². The Morgan fingerprint density at radius 1 is 1.00 bits per heavy atom. The fourth-order valence-corrected chi connectivity index (χ4v) is 6.93. The van der Waals surface area contributed by atoms with Gasteiger partial charge in [-0.25, -0.2) is 0 Å². The molecule has 0 aliphatic heterocycles. The van der Waals surface area contributed by atoms with E-state index in [9.17, 15) is 0 Å². The molecule has 0 spiro atoms. The van der Waals surface area contributed by atoms with Crippen molar-refractivity contribution in [1.82, 2.24) is 0 Å². The number of rotatable bonds is 5. The van der Waals surface area contributed by atoms with Gasteiger partial charge in [0.05, 0.1) is 8.07 Å². The summed E-state index contributed by atoms with van der Waals surface area (Å²) in [4.78, 5) is 0. The Bertz CT molecular complexity index is 848. The number of hydrogen-bond donors (Lipinski definition) is 0. The first-order valence-electron chi connectivity index (χ1n) is 11.4. The summed E-state index contributed by atoms with van der Waals surface area (Å²) in [5.74, 6) is 2.52. The Morgan fingerprint density at radius 3 is 2.24 bits per heavy atom. The molecule has 4 rings (SSSR count). The molecule has 0 heterocycles. The van der Waals surface area contributed by atoms with Crippen molar-refractivity contribution in [3.05, 3.63) is 98.5 Å². The van der Waals surface area contributed by atoms with Gasteiger partial charge in [0.2, 0.25) is 0 Å². The van der Waals surface area contributed by atoms with Crippen LogP contribution in [0.3, 0.4) is 0 Å². The second-order valence-corrected chi connectivity index (χ2v) is 26.3. The molecule has 1 aromatic rings. The van der Waals surface area contributed by atoms with E-state index >= 15 is 0 Å². The van der Waals surface area contributed by atoms with E-state index in [0.29, 0.717) is 5.54 Å². The summed E-state index contributed by atoms with van der Waals surface area (Å²) in [6.45, 7) is 15.0. The van der Waals surface area contributed by atoms with Crippen LogP contribution in [-0.2, 0) is 18.2 Å². The van der Waals surface area contributed by atoms with Crippen molar-refractivity contribution in [2.45, 2.75) is 50.9 Å². The molecular weight excluding hydrogens is 562 g/mol. The molecule has 5 heteroatoms. The van der Waals surface area contributed by atoms with Gasteiger partial charge in [-0.15, -0.1) is 13.2 Å². The molecule has 0 nitrogen and oxygen atoms in total. The third-order valence-corrected chi connectivity index (χ3v) is 8.83. The van der Waals surface area contributed by atoms with E-state index in [1.165, 1.54) is 30.4 Å². The minimum absolute atomic E-state index is 0. The predicted molar refractivity (Wildman–Crippen MR) is 152 cm³/mol. The van der Waals surface area contributed by atoms with Crippen molar-refractivity contribution < 1.29 is 18.2 Å². The maximum atomic E-state index is 5.00. The monoisotopic (exact) mass is 598 g/mol. The predicted octanol–water partition coefficient (Wildman–Crippen LogP) is 10.5. The number of fused-ring (bicyclic) bond motifs is 2. The third-order valence-electron chi connectivity index (χ3n) is 6.49. The molecule has 0 amide bonds. The van der Waals surface area contributed by atoms with Gasteiger partial charge in [0.1, 0.15) is 0 Å². The van der Waals surface area contributed by atoms with E-state index < -0.39 is 26.2 Å². The first kappa shape index (κ1) is 30.9. The van der Waals surface area contributed by atoms with Crippen LogP contribution in [-0.4, -0.2) is 8.07 Å². The van der Waals surface area contributed by atoms with Crippen LogP contribution in [0.5, 0.6) is 0 Å². The van der Waals surface area contributed by atoms with Crippen LogP contribution in [0, 0.1) is 25.2 Å². The fourth-order valence-electron chi connectivity index (χ4n) is 5.05. The molecule has 0 saturated heterocycles. The van der Waals surface area contributed by atoms with Gasteiger partial charge in [0.15, 0.2) is 0 Å². The number of hydrogen-bond acceptors (Lipinski definition) is 0. The summed E-state index contributed by atoms with van der Waals surface area (Å²) in [7, 11) is 13.8. The molecule has 181 valence electrons. The molecule has 1 saturated carbocycles. The summed E-state index contributed by atoms with van der Waals surface area (Å²) >= 11 is -2.13. The third kappa shape index (κ3) is 9.46. The summed E-state index contributed by atoms with van der Waals surface area (Å²) in [6.07, 6.45) is 20.7. The van der Waals surface area contributed by atoms with Crippen molar-refractivity contribution in [2.24, 2.45) is 17.8 Å². The van der Waals surface area contributed by atoms with Crippen LogP contribution < -0.4 is 0 Å². The van der Waals surface area contributed by atoms with Crippen LogP contribution >= 0.6 is 25.5 Å². The summed E-state index contributed by atoms with van der Waals surface area (Å²) in [5.41, 5.74) is 5.14.